The Morgan fingerprint density at radius 1 is 1.03 bits per heavy atom. The van der Waals surface area contributed by atoms with Crippen molar-refractivity contribution in [2.75, 3.05) is 0 Å². The van der Waals surface area contributed by atoms with E-state index in [4.69, 9.17) is 11.6 Å². The molecule has 0 spiro atoms. The maximum atomic E-state index is 15.0. The van der Waals surface area contributed by atoms with Crippen molar-refractivity contribution < 1.29 is 44.3 Å². The minimum atomic E-state index is -5.12. The average Bonchev–Trinajstić information content (AvgIpc) is 2.80. The van der Waals surface area contributed by atoms with E-state index in [1.54, 1.807) is 0 Å². The molecule has 0 bridgehead atoms. The molecule has 0 radical (unpaired) electrons. The normalized spacial score (nSPS) is 17.9. The SMILES string of the molecule is Cc1cc(C(/C=C(\F)c2ccc(C(=O)CC3CCC(F)(F)CC3)c(C(F)(F)F)c2)C(F)(F)F)cc(C)c1Cl. The number of carbonyl (C=O) groups is 1. The van der Waals surface area contributed by atoms with Gasteiger partial charge in [-0.25, -0.2) is 13.2 Å². The smallest absolute Gasteiger partial charge is 0.294 e. The van der Waals surface area contributed by atoms with Gasteiger partial charge in [0.2, 0.25) is 5.92 Å². The average molecular weight is 571 g/mol. The van der Waals surface area contributed by atoms with Crippen LogP contribution in [0.3, 0.4) is 0 Å². The summed E-state index contributed by atoms with van der Waals surface area (Å²) in [4.78, 5) is 12.7. The third-order valence-electron chi connectivity index (χ3n) is 6.70. The second-order valence-corrected chi connectivity index (χ2v) is 10.1. The van der Waals surface area contributed by atoms with Crippen LogP contribution in [0.25, 0.3) is 5.83 Å². The molecule has 2 aromatic rings. The van der Waals surface area contributed by atoms with Crippen molar-refractivity contribution in [2.45, 2.75) is 70.1 Å². The van der Waals surface area contributed by atoms with E-state index in [1.165, 1.54) is 13.8 Å². The minimum absolute atomic E-state index is 0.0297. The van der Waals surface area contributed by atoms with E-state index in [-0.39, 0.29) is 29.5 Å². The first kappa shape index (κ1) is 30.1. The molecule has 0 aliphatic heterocycles. The van der Waals surface area contributed by atoms with E-state index in [0.29, 0.717) is 23.3 Å². The van der Waals surface area contributed by atoms with Crippen LogP contribution in [0, 0.1) is 19.8 Å². The van der Waals surface area contributed by atoms with Crippen LogP contribution in [0.15, 0.2) is 36.4 Å². The van der Waals surface area contributed by atoms with Gasteiger partial charge in [0, 0.05) is 35.4 Å². The molecule has 1 aliphatic rings. The standard InChI is InChI=1S/C27H24ClF9O/c1-14-9-18(10-15(2)24(14)28)20(26(32,33)34)13-22(29)17-3-4-19(21(12-17)27(35,36)37)23(38)11-16-5-7-25(30,31)8-6-16/h3-4,9-10,12-13,16,20H,5-8,11H2,1-2H3/b22-13-. The zero-order valence-electron chi connectivity index (χ0n) is 20.3. The van der Waals surface area contributed by atoms with Crippen molar-refractivity contribution in [1.82, 2.24) is 0 Å². The molecule has 38 heavy (non-hydrogen) atoms. The maximum Gasteiger partial charge on any atom is 0.417 e. The lowest BCUT2D eigenvalue weighted by atomic mass is 9.82. The largest absolute Gasteiger partial charge is 0.417 e. The summed E-state index contributed by atoms with van der Waals surface area (Å²) < 4.78 is 125. The first-order valence-electron chi connectivity index (χ1n) is 11.7. The van der Waals surface area contributed by atoms with Gasteiger partial charge in [-0.15, -0.1) is 0 Å². The highest BCUT2D eigenvalue weighted by Crippen LogP contribution is 2.42. The molecule has 0 aromatic heterocycles. The van der Waals surface area contributed by atoms with Gasteiger partial charge in [-0.2, -0.15) is 26.3 Å². The molecule has 1 atom stereocenters. The molecule has 208 valence electrons. The number of benzene rings is 2. The third-order valence-corrected chi connectivity index (χ3v) is 7.29. The van der Waals surface area contributed by atoms with E-state index < -0.39 is 77.7 Å². The molecule has 1 fully saturated rings. The number of allylic oxidation sites excluding steroid dienone is 1. The van der Waals surface area contributed by atoms with Gasteiger partial charge >= 0.3 is 12.4 Å². The topological polar surface area (TPSA) is 17.1 Å². The Balaban J connectivity index is 1.96. The minimum Gasteiger partial charge on any atom is -0.294 e. The Bertz CT molecular complexity index is 1200. The lowest BCUT2D eigenvalue weighted by Gasteiger charge is -2.28. The molecule has 0 amide bonds. The number of rotatable bonds is 6. The van der Waals surface area contributed by atoms with E-state index >= 15 is 4.39 Å². The lowest BCUT2D eigenvalue weighted by molar-refractivity contribution is -0.140. The first-order chi connectivity index (χ1) is 17.4. The third kappa shape index (κ3) is 7.12. The van der Waals surface area contributed by atoms with E-state index in [1.807, 2.05) is 0 Å². The summed E-state index contributed by atoms with van der Waals surface area (Å²) >= 11 is 6.01. The highest BCUT2D eigenvalue weighted by Gasteiger charge is 2.41. The molecule has 1 aliphatic carbocycles. The predicted octanol–water partition coefficient (Wildman–Crippen LogP) is 10.0. The first-order valence-corrected chi connectivity index (χ1v) is 12.1. The number of carbonyl (C=O) groups excluding carboxylic acids is 1. The van der Waals surface area contributed by atoms with Gasteiger partial charge in [0.05, 0.1) is 5.56 Å². The maximum absolute atomic E-state index is 15.0. The summed E-state index contributed by atoms with van der Waals surface area (Å²) in [5.41, 5.74) is -2.80. The molecule has 1 saturated carbocycles. The molecule has 1 unspecified atom stereocenters. The number of ketones is 1. The van der Waals surface area contributed by atoms with Crippen molar-refractivity contribution in [3.05, 3.63) is 74.8 Å². The summed E-state index contributed by atoms with van der Waals surface area (Å²) in [7, 11) is 0. The molecule has 2 aromatic carbocycles. The van der Waals surface area contributed by atoms with Crippen LogP contribution < -0.4 is 0 Å². The molecule has 11 heteroatoms. The fraction of sp³-hybridized carbons (Fsp3) is 0.444. The van der Waals surface area contributed by atoms with Gasteiger partial charge in [-0.3, -0.25) is 4.79 Å². The van der Waals surface area contributed by atoms with Gasteiger partial charge in [-0.1, -0.05) is 35.9 Å². The van der Waals surface area contributed by atoms with Crippen molar-refractivity contribution in [3.8, 4) is 0 Å². The number of hydrogen-bond donors (Lipinski definition) is 0. The Morgan fingerprint density at radius 3 is 2.08 bits per heavy atom. The highest BCUT2D eigenvalue weighted by atomic mass is 35.5. The van der Waals surface area contributed by atoms with E-state index in [9.17, 15) is 39.9 Å². The van der Waals surface area contributed by atoms with Crippen LogP contribution in [0.2, 0.25) is 5.02 Å². The molecule has 0 heterocycles. The van der Waals surface area contributed by atoms with Gasteiger partial charge in [0.15, 0.2) is 5.78 Å². The van der Waals surface area contributed by atoms with Crippen molar-refractivity contribution >= 4 is 23.2 Å². The summed E-state index contributed by atoms with van der Waals surface area (Å²) in [6.07, 6.45) is -11.3. The molecule has 3 rings (SSSR count). The van der Waals surface area contributed by atoms with Gasteiger partial charge in [0.1, 0.15) is 11.7 Å². The summed E-state index contributed by atoms with van der Waals surface area (Å²) in [6, 6.07) is 4.06. The number of alkyl halides is 8. The second-order valence-electron chi connectivity index (χ2n) is 9.69. The van der Waals surface area contributed by atoms with Crippen LogP contribution in [0.4, 0.5) is 39.5 Å². The lowest BCUT2D eigenvalue weighted by Crippen LogP contribution is -2.26. The molecular formula is C27H24ClF9O. The Morgan fingerprint density at radius 2 is 1.58 bits per heavy atom. The molecule has 0 N–H and O–H groups in total. The number of halogens is 10. The number of aryl methyl sites for hydroxylation is 2. The highest BCUT2D eigenvalue weighted by molar-refractivity contribution is 6.32. The van der Waals surface area contributed by atoms with Crippen LogP contribution >= 0.6 is 11.6 Å². The second kappa shape index (κ2) is 10.9. The molecular weight excluding hydrogens is 547 g/mol. The van der Waals surface area contributed by atoms with Crippen molar-refractivity contribution in [1.29, 1.82) is 0 Å². The summed E-state index contributed by atoms with van der Waals surface area (Å²) in [5.74, 6) is -8.39. The van der Waals surface area contributed by atoms with Crippen LogP contribution in [0.1, 0.15) is 76.2 Å². The molecule has 1 nitrogen and oxygen atoms in total. The van der Waals surface area contributed by atoms with E-state index in [0.717, 1.165) is 18.2 Å². The van der Waals surface area contributed by atoms with Crippen LogP contribution in [-0.2, 0) is 6.18 Å². The Labute approximate surface area is 218 Å². The summed E-state index contributed by atoms with van der Waals surface area (Å²) in [5, 5.41) is 0.233. The van der Waals surface area contributed by atoms with Gasteiger partial charge in [0.25, 0.3) is 0 Å². The quantitative estimate of drug-likeness (QED) is 0.249. The number of hydrogen-bond acceptors (Lipinski definition) is 1. The predicted molar refractivity (Wildman–Crippen MR) is 126 cm³/mol. The Kier molecular flexibility index (Phi) is 8.66. The van der Waals surface area contributed by atoms with Gasteiger partial charge < -0.3 is 0 Å². The molecule has 0 saturated heterocycles. The summed E-state index contributed by atoms with van der Waals surface area (Å²) in [6.45, 7) is 2.94. The van der Waals surface area contributed by atoms with E-state index in [2.05, 4.69) is 0 Å². The zero-order valence-corrected chi connectivity index (χ0v) is 21.1. The zero-order chi connectivity index (χ0) is 28.6. The Hall–Kier alpha value is -2.49. The monoisotopic (exact) mass is 570 g/mol. The van der Waals surface area contributed by atoms with Crippen molar-refractivity contribution in [2.24, 2.45) is 5.92 Å². The van der Waals surface area contributed by atoms with Gasteiger partial charge in [-0.05, 0) is 61.4 Å². The van der Waals surface area contributed by atoms with Crippen molar-refractivity contribution in [3.63, 3.8) is 0 Å². The number of Topliss-reactive ketones (excluding diaryl/α,β-unsaturated/α-hetero) is 1. The fourth-order valence-electron chi connectivity index (χ4n) is 4.63. The van der Waals surface area contributed by atoms with Crippen LogP contribution in [0.5, 0.6) is 0 Å². The fourth-order valence-corrected chi connectivity index (χ4v) is 4.74. The van der Waals surface area contributed by atoms with Crippen LogP contribution in [-0.4, -0.2) is 17.9 Å².